The van der Waals surface area contributed by atoms with Crippen LogP contribution in [-0.2, 0) is 46.8 Å². The molecule has 11 nitrogen and oxygen atoms in total. The number of methoxy groups -OCH3 is 1. The van der Waals surface area contributed by atoms with E-state index < -0.39 is 11.3 Å². The minimum Gasteiger partial charge on any atom is -0.496 e. The fourth-order valence-electron chi connectivity index (χ4n) is 8.23. The van der Waals surface area contributed by atoms with E-state index in [0.29, 0.717) is 51.5 Å². The normalized spacial score (nSPS) is 17.9. The summed E-state index contributed by atoms with van der Waals surface area (Å²) in [6.07, 6.45) is 8.73. The van der Waals surface area contributed by atoms with Gasteiger partial charge in [0.25, 0.3) is 0 Å². The number of benzene rings is 2. The molecule has 2 aromatic heterocycles. The lowest BCUT2D eigenvalue weighted by molar-refractivity contribution is -0.144. The Morgan fingerprint density at radius 1 is 1.04 bits per heavy atom. The zero-order chi connectivity index (χ0) is 37.1. The standard InChI is InChI=1S/C42H55N7O4/c1-5-36-35(38(45-32-14-20-53-21-15-32)34-25-44-49(6-2)39(34)46-36)27-48(41(51)42(16-17-42)40(43)50)26-30-10-11-37(52-4)33(24-30)31-9-7-8-29(23-31)22-28-12-18-47(3)19-13-28/h7-11,23-25,28,32H,5-6,12-22,26-27H2,1-4H3,(H2,43,50)(H,45,46). The Balaban J connectivity index is 1.25. The van der Waals surface area contributed by atoms with E-state index in [-0.39, 0.29) is 18.5 Å². The van der Waals surface area contributed by atoms with E-state index in [9.17, 15) is 9.59 Å². The minimum absolute atomic E-state index is 0.215. The molecule has 2 saturated heterocycles. The number of hydrogen-bond acceptors (Lipinski definition) is 8. The molecule has 3 N–H and O–H groups in total. The summed E-state index contributed by atoms with van der Waals surface area (Å²) >= 11 is 0. The second-order valence-corrected chi connectivity index (χ2v) is 15.3. The van der Waals surface area contributed by atoms with Gasteiger partial charge in [0.2, 0.25) is 11.8 Å². The number of nitrogens with zero attached hydrogens (tertiary/aromatic N) is 5. The summed E-state index contributed by atoms with van der Waals surface area (Å²) in [5, 5.41) is 9.45. The number of carbonyl (C=O) groups excluding carboxylic acids is 2. The van der Waals surface area contributed by atoms with Crippen LogP contribution in [0.1, 0.15) is 74.8 Å². The number of nitrogens with two attached hydrogens (primary N) is 1. The van der Waals surface area contributed by atoms with Gasteiger partial charge in [-0.1, -0.05) is 37.3 Å². The van der Waals surface area contributed by atoms with Crippen LogP contribution < -0.4 is 15.8 Å². The molecule has 1 aliphatic carbocycles. The molecule has 3 fully saturated rings. The molecule has 7 rings (SSSR count). The summed E-state index contributed by atoms with van der Waals surface area (Å²) in [4.78, 5) is 36.7. The summed E-state index contributed by atoms with van der Waals surface area (Å²) in [7, 11) is 3.90. The van der Waals surface area contributed by atoms with Crippen molar-refractivity contribution in [2.75, 3.05) is 45.8 Å². The summed E-state index contributed by atoms with van der Waals surface area (Å²) in [5.74, 6) is 0.667. The quantitative estimate of drug-likeness (QED) is 0.153. The first kappa shape index (κ1) is 36.9. The maximum atomic E-state index is 14.5. The fourth-order valence-corrected chi connectivity index (χ4v) is 8.23. The van der Waals surface area contributed by atoms with E-state index in [1.807, 2.05) is 27.9 Å². The molecule has 0 atom stereocenters. The number of primary amides is 1. The van der Waals surface area contributed by atoms with Crippen LogP contribution in [0.5, 0.6) is 5.75 Å². The molecule has 4 heterocycles. The Bertz CT molecular complexity index is 1940. The van der Waals surface area contributed by atoms with Crippen LogP contribution >= 0.6 is 0 Å². The van der Waals surface area contributed by atoms with Crippen LogP contribution in [-0.4, -0.2) is 82.9 Å². The number of piperidine rings is 1. The lowest BCUT2D eigenvalue weighted by Gasteiger charge is -2.30. The largest absolute Gasteiger partial charge is 0.496 e. The smallest absolute Gasteiger partial charge is 0.238 e. The van der Waals surface area contributed by atoms with Crippen molar-refractivity contribution in [1.29, 1.82) is 0 Å². The number of nitrogens with one attached hydrogen (secondary N) is 1. The van der Waals surface area contributed by atoms with Crippen molar-refractivity contribution in [2.45, 2.75) is 90.9 Å². The Hall–Kier alpha value is -4.48. The van der Waals surface area contributed by atoms with Crippen LogP contribution in [0.2, 0.25) is 0 Å². The Labute approximate surface area is 313 Å². The maximum absolute atomic E-state index is 14.5. The number of aromatic nitrogens is 3. The second kappa shape index (κ2) is 15.9. The minimum atomic E-state index is -1.18. The molecule has 282 valence electrons. The van der Waals surface area contributed by atoms with Crippen LogP contribution in [0.15, 0.2) is 48.7 Å². The fraction of sp³-hybridized carbons (Fsp3) is 0.524. The van der Waals surface area contributed by atoms with Gasteiger partial charge in [0.15, 0.2) is 5.65 Å². The zero-order valence-corrected chi connectivity index (χ0v) is 31.8. The Kier molecular flexibility index (Phi) is 11.0. The molecule has 0 bridgehead atoms. The molecular weight excluding hydrogens is 667 g/mol. The number of likely N-dealkylation sites (tertiary alicyclic amines) is 1. The van der Waals surface area contributed by atoms with Crippen molar-refractivity contribution in [1.82, 2.24) is 24.6 Å². The molecule has 1 saturated carbocycles. The van der Waals surface area contributed by atoms with E-state index in [0.717, 1.165) is 82.8 Å². The predicted molar refractivity (Wildman–Crippen MR) is 208 cm³/mol. The predicted octanol–water partition coefficient (Wildman–Crippen LogP) is 5.96. The van der Waals surface area contributed by atoms with Crippen LogP contribution in [0.4, 0.5) is 5.69 Å². The zero-order valence-electron chi connectivity index (χ0n) is 31.8. The summed E-state index contributed by atoms with van der Waals surface area (Å²) in [6.45, 7) is 9.11. The van der Waals surface area contributed by atoms with Crippen LogP contribution in [0, 0.1) is 11.3 Å². The first-order valence-electron chi connectivity index (χ1n) is 19.5. The third-order valence-electron chi connectivity index (χ3n) is 11.7. The van der Waals surface area contributed by atoms with Crippen LogP contribution in [0.3, 0.4) is 0 Å². The van der Waals surface area contributed by atoms with Crippen molar-refractivity contribution >= 4 is 28.5 Å². The number of pyridine rings is 1. The van der Waals surface area contributed by atoms with Crippen molar-refractivity contribution in [3.8, 4) is 16.9 Å². The maximum Gasteiger partial charge on any atom is 0.238 e. The lowest BCUT2D eigenvalue weighted by Crippen LogP contribution is -2.43. The number of fused-ring (bicyclic) bond motifs is 1. The molecule has 0 spiro atoms. The van der Waals surface area contributed by atoms with E-state index in [4.69, 9.17) is 20.2 Å². The highest BCUT2D eigenvalue weighted by molar-refractivity contribution is 6.07. The van der Waals surface area contributed by atoms with E-state index in [1.54, 1.807) is 7.11 Å². The second-order valence-electron chi connectivity index (χ2n) is 15.3. The highest BCUT2D eigenvalue weighted by Gasteiger charge is 2.57. The number of aryl methyl sites for hydroxylation is 2. The SMILES string of the molecule is CCc1nc2c(cnn2CC)c(NC2CCOCC2)c1CN(Cc1ccc(OC)c(-c2cccc(CC3CCN(C)CC3)c2)c1)C(=O)C1(C(N)=O)CC1. The molecule has 3 aliphatic rings. The van der Waals surface area contributed by atoms with Gasteiger partial charge in [0, 0.05) is 55.7 Å². The van der Waals surface area contributed by atoms with E-state index >= 15 is 0 Å². The van der Waals surface area contributed by atoms with Gasteiger partial charge >= 0.3 is 0 Å². The summed E-state index contributed by atoms with van der Waals surface area (Å²) in [6, 6.07) is 15.1. The van der Waals surface area contributed by atoms with Crippen molar-refractivity contribution in [3.05, 3.63) is 71.0 Å². The average molecular weight is 722 g/mol. The van der Waals surface area contributed by atoms with Crippen molar-refractivity contribution in [3.63, 3.8) is 0 Å². The molecule has 2 aromatic carbocycles. The molecule has 53 heavy (non-hydrogen) atoms. The van der Waals surface area contributed by atoms with Gasteiger partial charge in [-0.05, 0) is 113 Å². The first-order chi connectivity index (χ1) is 25.7. The van der Waals surface area contributed by atoms with E-state index in [1.165, 1.54) is 18.4 Å². The average Bonchev–Trinajstić information content (AvgIpc) is 3.90. The first-order valence-corrected chi connectivity index (χ1v) is 19.5. The molecule has 11 heteroatoms. The monoisotopic (exact) mass is 721 g/mol. The van der Waals surface area contributed by atoms with Crippen molar-refractivity contribution < 1.29 is 19.1 Å². The third-order valence-corrected chi connectivity index (χ3v) is 11.7. The number of hydrogen-bond donors (Lipinski definition) is 2. The highest BCUT2D eigenvalue weighted by Crippen LogP contribution is 2.48. The molecular formula is C42H55N7O4. The van der Waals surface area contributed by atoms with Crippen LogP contribution in [0.25, 0.3) is 22.2 Å². The van der Waals surface area contributed by atoms with Gasteiger partial charge in [-0.15, -0.1) is 0 Å². The lowest BCUT2D eigenvalue weighted by atomic mass is 9.89. The van der Waals surface area contributed by atoms with Crippen molar-refractivity contribution in [2.24, 2.45) is 17.1 Å². The molecule has 0 unspecified atom stereocenters. The number of carbonyl (C=O) groups is 2. The number of anilines is 1. The summed E-state index contributed by atoms with van der Waals surface area (Å²) < 4.78 is 13.5. The molecule has 2 amide bonds. The molecule has 0 radical (unpaired) electrons. The van der Waals surface area contributed by atoms with Gasteiger partial charge in [0.1, 0.15) is 11.2 Å². The highest BCUT2D eigenvalue weighted by atomic mass is 16.5. The molecule has 2 aliphatic heterocycles. The Morgan fingerprint density at radius 2 is 1.81 bits per heavy atom. The van der Waals surface area contributed by atoms with Gasteiger partial charge in [-0.25, -0.2) is 9.67 Å². The van der Waals surface area contributed by atoms with Gasteiger partial charge in [-0.3, -0.25) is 9.59 Å². The number of amides is 2. The summed E-state index contributed by atoms with van der Waals surface area (Å²) in [5.41, 5.74) is 12.7. The van der Waals surface area contributed by atoms with Gasteiger partial charge in [0.05, 0.1) is 24.4 Å². The topological polar surface area (TPSA) is 128 Å². The van der Waals surface area contributed by atoms with E-state index in [2.05, 4.69) is 66.5 Å². The van der Waals surface area contributed by atoms with Gasteiger partial charge < -0.3 is 30.3 Å². The Morgan fingerprint density at radius 3 is 2.49 bits per heavy atom. The molecule has 4 aromatic rings. The third kappa shape index (κ3) is 7.78. The number of ether oxygens (including phenoxy) is 2. The number of rotatable bonds is 14. The van der Waals surface area contributed by atoms with Gasteiger partial charge in [-0.2, -0.15) is 5.10 Å².